The Morgan fingerprint density at radius 3 is 1.12 bits per heavy atom. The maximum Gasteiger partial charge on any atom is 0.472 e. The van der Waals surface area contributed by atoms with Crippen LogP contribution in [0.4, 0.5) is 0 Å². The van der Waals surface area contributed by atoms with Crippen molar-refractivity contribution in [2.45, 2.75) is 309 Å². The predicted octanol–water partition coefficient (Wildman–Crippen LogP) is 17.4. The molecular formula is C57H116N2O6P+. The molecule has 1 amide bonds. The van der Waals surface area contributed by atoms with E-state index in [1.54, 1.807) is 6.08 Å². The number of aliphatic hydroxyl groups excluding tert-OH is 1. The number of phosphoric ester groups is 1. The number of carbonyl (C=O) groups is 1. The van der Waals surface area contributed by atoms with Crippen molar-refractivity contribution in [2.75, 3.05) is 40.9 Å². The van der Waals surface area contributed by atoms with Gasteiger partial charge in [-0.15, -0.1) is 0 Å². The summed E-state index contributed by atoms with van der Waals surface area (Å²) in [6.07, 6.45) is 60.3. The Hall–Kier alpha value is -0.760. The van der Waals surface area contributed by atoms with Gasteiger partial charge in [-0.05, 0) is 19.3 Å². The summed E-state index contributed by atoms with van der Waals surface area (Å²) in [5.74, 6) is -0.170. The van der Waals surface area contributed by atoms with E-state index in [0.717, 1.165) is 32.1 Å². The monoisotopic (exact) mass is 956 g/mol. The van der Waals surface area contributed by atoms with E-state index in [2.05, 4.69) is 19.2 Å². The maximum atomic E-state index is 13.0. The number of hydrogen-bond acceptors (Lipinski definition) is 5. The van der Waals surface area contributed by atoms with Gasteiger partial charge < -0.3 is 19.8 Å². The van der Waals surface area contributed by atoms with Crippen LogP contribution in [-0.4, -0.2) is 73.4 Å². The van der Waals surface area contributed by atoms with Gasteiger partial charge in [0.05, 0.1) is 39.9 Å². The first kappa shape index (κ1) is 65.2. The van der Waals surface area contributed by atoms with Crippen molar-refractivity contribution < 1.29 is 32.9 Å². The fourth-order valence-electron chi connectivity index (χ4n) is 8.93. The Balaban J connectivity index is 4.13. The average Bonchev–Trinajstić information content (AvgIpc) is 3.28. The normalized spacial score (nSPS) is 14.0. The van der Waals surface area contributed by atoms with Crippen LogP contribution >= 0.6 is 7.82 Å². The molecule has 0 rings (SSSR count). The Kier molecular flexibility index (Phi) is 48.7. The van der Waals surface area contributed by atoms with Crippen LogP contribution in [0.15, 0.2) is 12.2 Å². The molecule has 0 heterocycles. The molecule has 0 aromatic heterocycles. The van der Waals surface area contributed by atoms with Gasteiger partial charge in [-0.1, -0.05) is 283 Å². The van der Waals surface area contributed by atoms with Gasteiger partial charge in [0.15, 0.2) is 0 Å². The molecule has 3 atom stereocenters. The highest BCUT2D eigenvalue weighted by atomic mass is 31.2. The van der Waals surface area contributed by atoms with Gasteiger partial charge in [0.1, 0.15) is 13.2 Å². The summed E-state index contributed by atoms with van der Waals surface area (Å²) >= 11 is 0. The quantitative estimate of drug-likeness (QED) is 0.0243. The van der Waals surface area contributed by atoms with Gasteiger partial charge in [-0.2, -0.15) is 0 Å². The van der Waals surface area contributed by atoms with Gasteiger partial charge in [0.2, 0.25) is 5.91 Å². The third kappa shape index (κ3) is 51.1. The summed E-state index contributed by atoms with van der Waals surface area (Å²) < 4.78 is 23.7. The molecule has 0 aromatic rings. The van der Waals surface area contributed by atoms with Crippen LogP contribution in [0, 0.1) is 0 Å². The van der Waals surface area contributed by atoms with E-state index in [0.29, 0.717) is 17.4 Å². The lowest BCUT2D eigenvalue weighted by Crippen LogP contribution is -2.45. The van der Waals surface area contributed by atoms with Crippen molar-refractivity contribution in [2.24, 2.45) is 0 Å². The van der Waals surface area contributed by atoms with Gasteiger partial charge >= 0.3 is 7.82 Å². The minimum atomic E-state index is -4.34. The number of quaternary nitrogens is 1. The molecule has 0 saturated carbocycles. The SMILES string of the molecule is CCCCCCCCCCCCCCCCCC/C=C/C(O)C(COP(=O)(O)OCC[N+](C)(C)C)NC(=O)CCCCCCCCCCCCCCCCCCCCCCCCCCCC. The molecule has 0 aromatic carbocycles. The molecule has 0 aliphatic rings. The lowest BCUT2D eigenvalue weighted by atomic mass is 10.0. The molecule has 0 radical (unpaired) electrons. The van der Waals surface area contributed by atoms with Crippen LogP contribution in [-0.2, 0) is 18.4 Å². The number of phosphoric acid groups is 1. The van der Waals surface area contributed by atoms with E-state index in [-0.39, 0.29) is 19.1 Å². The number of unbranched alkanes of at least 4 members (excludes halogenated alkanes) is 41. The predicted molar refractivity (Wildman–Crippen MR) is 286 cm³/mol. The van der Waals surface area contributed by atoms with Crippen LogP contribution < -0.4 is 5.32 Å². The number of allylic oxidation sites excluding steroid dienone is 1. The summed E-state index contributed by atoms with van der Waals surface area (Å²) in [6.45, 7) is 4.87. The first-order valence-corrected chi connectivity index (χ1v) is 30.6. The molecule has 0 aliphatic carbocycles. The highest BCUT2D eigenvalue weighted by Gasteiger charge is 2.27. The molecule has 0 fully saturated rings. The lowest BCUT2D eigenvalue weighted by Gasteiger charge is -2.25. The molecule has 9 heteroatoms. The summed E-state index contributed by atoms with van der Waals surface area (Å²) in [5, 5.41) is 13.9. The number of aliphatic hydroxyl groups is 1. The van der Waals surface area contributed by atoms with Crippen LogP contribution in [0.25, 0.3) is 0 Å². The zero-order valence-corrected chi connectivity index (χ0v) is 45.9. The minimum absolute atomic E-state index is 0.0652. The lowest BCUT2D eigenvalue weighted by molar-refractivity contribution is -0.870. The number of amides is 1. The molecule has 3 unspecified atom stereocenters. The molecule has 8 nitrogen and oxygen atoms in total. The van der Waals surface area contributed by atoms with E-state index in [1.807, 2.05) is 27.2 Å². The molecular weight excluding hydrogens is 840 g/mol. The van der Waals surface area contributed by atoms with Gasteiger partial charge in [-0.3, -0.25) is 13.8 Å². The summed E-state index contributed by atoms with van der Waals surface area (Å²) in [4.78, 5) is 23.3. The Morgan fingerprint density at radius 2 is 0.803 bits per heavy atom. The minimum Gasteiger partial charge on any atom is -0.387 e. The van der Waals surface area contributed by atoms with Gasteiger partial charge in [-0.25, -0.2) is 4.57 Å². The molecule has 0 spiro atoms. The highest BCUT2D eigenvalue weighted by Crippen LogP contribution is 2.43. The second-order valence-electron chi connectivity index (χ2n) is 21.4. The van der Waals surface area contributed by atoms with E-state index in [1.165, 1.54) is 244 Å². The summed E-state index contributed by atoms with van der Waals surface area (Å²) in [7, 11) is 1.59. The third-order valence-corrected chi connectivity index (χ3v) is 14.5. The van der Waals surface area contributed by atoms with Crippen molar-refractivity contribution in [1.29, 1.82) is 0 Å². The molecule has 0 bridgehead atoms. The largest absolute Gasteiger partial charge is 0.472 e. The first-order valence-electron chi connectivity index (χ1n) is 29.1. The average molecular weight is 957 g/mol. The number of carbonyl (C=O) groups excluding carboxylic acids is 1. The molecule has 66 heavy (non-hydrogen) atoms. The van der Waals surface area contributed by atoms with Crippen LogP contribution in [0.3, 0.4) is 0 Å². The zero-order chi connectivity index (χ0) is 48.5. The second-order valence-corrected chi connectivity index (χ2v) is 22.8. The summed E-state index contributed by atoms with van der Waals surface area (Å²) in [6, 6.07) is -0.842. The van der Waals surface area contributed by atoms with Crippen LogP contribution in [0.5, 0.6) is 0 Å². The van der Waals surface area contributed by atoms with E-state index in [4.69, 9.17) is 9.05 Å². The molecule has 394 valence electrons. The van der Waals surface area contributed by atoms with Crippen molar-refractivity contribution in [3.8, 4) is 0 Å². The number of hydrogen-bond donors (Lipinski definition) is 3. The van der Waals surface area contributed by atoms with Crippen molar-refractivity contribution >= 4 is 13.7 Å². The standard InChI is InChI=1S/C57H115N2O6P/c1-6-8-10-12-14-16-18-20-22-24-26-27-28-29-30-31-32-33-35-37-39-41-43-45-47-49-51-57(61)58-55(54-65-66(62,63)64-53-52-59(3,4)5)56(60)50-48-46-44-42-40-38-36-34-25-23-21-19-17-15-13-11-9-7-2/h48,50,55-56,60H,6-47,49,51-54H2,1-5H3,(H-,58,61,62,63)/p+1/b50-48+. The van der Waals surface area contributed by atoms with E-state index in [9.17, 15) is 19.4 Å². The topological polar surface area (TPSA) is 105 Å². The number of rotatable bonds is 54. The molecule has 0 saturated heterocycles. The van der Waals surface area contributed by atoms with Crippen LogP contribution in [0.1, 0.15) is 296 Å². The maximum absolute atomic E-state index is 13.0. The number of nitrogens with one attached hydrogen (secondary N) is 1. The Labute approximate surface area is 412 Å². The molecule has 0 aliphatic heterocycles. The third-order valence-electron chi connectivity index (χ3n) is 13.5. The first-order chi connectivity index (χ1) is 32.0. The van der Waals surface area contributed by atoms with Crippen molar-refractivity contribution in [3.05, 3.63) is 12.2 Å². The molecule has 3 N–H and O–H groups in total. The van der Waals surface area contributed by atoms with Gasteiger partial charge in [0, 0.05) is 6.42 Å². The summed E-state index contributed by atoms with van der Waals surface area (Å²) in [5.41, 5.74) is 0. The van der Waals surface area contributed by atoms with Gasteiger partial charge in [0.25, 0.3) is 0 Å². The van der Waals surface area contributed by atoms with E-state index >= 15 is 0 Å². The fourth-order valence-corrected chi connectivity index (χ4v) is 9.66. The smallest absolute Gasteiger partial charge is 0.387 e. The van der Waals surface area contributed by atoms with E-state index < -0.39 is 20.0 Å². The number of likely N-dealkylation sites (N-methyl/N-ethyl adjacent to an activating group) is 1. The Bertz CT molecular complexity index is 1080. The Morgan fingerprint density at radius 1 is 0.500 bits per heavy atom. The van der Waals surface area contributed by atoms with Crippen molar-refractivity contribution in [3.63, 3.8) is 0 Å². The highest BCUT2D eigenvalue weighted by molar-refractivity contribution is 7.47. The second kappa shape index (κ2) is 49.2. The zero-order valence-electron chi connectivity index (χ0n) is 45.0. The number of nitrogens with zero attached hydrogens (tertiary/aromatic N) is 1. The van der Waals surface area contributed by atoms with Crippen molar-refractivity contribution in [1.82, 2.24) is 5.32 Å². The fraction of sp³-hybridized carbons (Fsp3) is 0.947. The van der Waals surface area contributed by atoms with Crippen LogP contribution in [0.2, 0.25) is 0 Å².